The number of nitrogens with one attached hydrogen (secondary N) is 2. The molecule has 1 aromatic rings. The van der Waals surface area contributed by atoms with Crippen molar-refractivity contribution in [3.05, 3.63) is 35.9 Å². The lowest BCUT2D eigenvalue weighted by Crippen LogP contribution is -2.44. The fourth-order valence-electron chi connectivity index (χ4n) is 1.50. The van der Waals surface area contributed by atoms with Crippen LogP contribution in [0, 0.1) is 0 Å². The third-order valence-electron chi connectivity index (χ3n) is 2.35. The zero-order valence-electron chi connectivity index (χ0n) is 9.97. The SMILES string of the molecule is CC(CC(=O)NC(=O)NC(N)=O)c1ccccc1. The van der Waals surface area contributed by atoms with Crippen LogP contribution in [0.5, 0.6) is 0 Å². The molecule has 1 rings (SSSR count). The normalized spacial score (nSPS) is 11.4. The highest BCUT2D eigenvalue weighted by Crippen LogP contribution is 2.17. The quantitative estimate of drug-likeness (QED) is 0.747. The number of rotatable bonds is 3. The topological polar surface area (TPSA) is 101 Å². The molecule has 0 aliphatic heterocycles. The van der Waals surface area contributed by atoms with E-state index < -0.39 is 18.0 Å². The number of nitrogens with two attached hydrogens (primary N) is 1. The van der Waals surface area contributed by atoms with Crippen LogP contribution in [0.1, 0.15) is 24.8 Å². The fourth-order valence-corrected chi connectivity index (χ4v) is 1.50. The minimum Gasteiger partial charge on any atom is -0.351 e. The molecule has 5 amide bonds. The number of benzene rings is 1. The zero-order chi connectivity index (χ0) is 13.5. The first-order valence-corrected chi connectivity index (χ1v) is 5.44. The maximum atomic E-state index is 11.5. The van der Waals surface area contributed by atoms with Gasteiger partial charge in [-0.3, -0.25) is 15.4 Å². The van der Waals surface area contributed by atoms with E-state index in [1.807, 2.05) is 42.6 Å². The number of hydrogen-bond donors (Lipinski definition) is 3. The van der Waals surface area contributed by atoms with Crippen molar-refractivity contribution in [3.8, 4) is 0 Å². The van der Waals surface area contributed by atoms with Gasteiger partial charge in [0.2, 0.25) is 5.91 Å². The van der Waals surface area contributed by atoms with Gasteiger partial charge in [0, 0.05) is 6.42 Å². The number of urea groups is 2. The number of imide groups is 2. The summed E-state index contributed by atoms with van der Waals surface area (Å²) in [6.45, 7) is 1.88. The predicted octanol–water partition coefficient (Wildman–Crippen LogP) is 1.08. The van der Waals surface area contributed by atoms with Gasteiger partial charge in [-0.1, -0.05) is 37.3 Å². The van der Waals surface area contributed by atoms with Crippen LogP contribution < -0.4 is 16.4 Å². The van der Waals surface area contributed by atoms with Crippen LogP contribution in [-0.4, -0.2) is 18.0 Å². The van der Waals surface area contributed by atoms with Gasteiger partial charge in [0.15, 0.2) is 0 Å². The van der Waals surface area contributed by atoms with E-state index in [0.717, 1.165) is 5.56 Å². The Kier molecular flexibility index (Phi) is 4.86. The number of carbonyl (C=O) groups is 3. The van der Waals surface area contributed by atoms with E-state index in [-0.39, 0.29) is 12.3 Å². The number of carbonyl (C=O) groups excluding carboxylic acids is 3. The van der Waals surface area contributed by atoms with Gasteiger partial charge in [-0.05, 0) is 11.5 Å². The average molecular weight is 249 g/mol. The third-order valence-corrected chi connectivity index (χ3v) is 2.35. The Bertz CT molecular complexity index is 445. The third kappa shape index (κ3) is 4.65. The Morgan fingerprint density at radius 2 is 1.78 bits per heavy atom. The monoisotopic (exact) mass is 249 g/mol. The highest BCUT2D eigenvalue weighted by molar-refractivity contribution is 6.01. The van der Waals surface area contributed by atoms with Gasteiger partial charge in [-0.2, -0.15) is 0 Å². The number of hydrogen-bond acceptors (Lipinski definition) is 3. The second-order valence-corrected chi connectivity index (χ2v) is 3.88. The maximum Gasteiger partial charge on any atom is 0.329 e. The molecule has 0 aromatic heterocycles. The van der Waals surface area contributed by atoms with E-state index in [2.05, 4.69) is 0 Å². The highest BCUT2D eigenvalue weighted by Gasteiger charge is 2.14. The van der Waals surface area contributed by atoms with Crippen LogP contribution >= 0.6 is 0 Å². The molecule has 0 bridgehead atoms. The second kappa shape index (κ2) is 6.39. The Balaban J connectivity index is 2.45. The van der Waals surface area contributed by atoms with Crippen LogP contribution in [0.25, 0.3) is 0 Å². The maximum absolute atomic E-state index is 11.5. The summed E-state index contributed by atoms with van der Waals surface area (Å²) < 4.78 is 0. The summed E-state index contributed by atoms with van der Waals surface area (Å²) in [5, 5.41) is 3.78. The van der Waals surface area contributed by atoms with Crippen molar-refractivity contribution < 1.29 is 14.4 Å². The Labute approximate surface area is 105 Å². The Hall–Kier alpha value is -2.37. The van der Waals surface area contributed by atoms with Gasteiger partial charge < -0.3 is 5.73 Å². The first-order chi connectivity index (χ1) is 8.49. The van der Waals surface area contributed by atoms with E-state index >= 15 is 0 Å². The van der Waals surface area contributed by atoms with E-state index in [0.29, 0.717) is 0 Å². The largest absolute Gasteiger partial charge is 0.351 e. The minimum absolute atomic E-state index is 0.0208. The zero-order valence-corrected chi connectivity index (χ0v) is 9.97. The van der Waals surface area contributed by atoms with Crippen LogP contribution in [0.15, 0.2) is 30.3 Å². The summed E-state index contributed by atoms with van der Waals surface area (Å²) in [5.74, 6) is -0.488. The van der Waals surface area contributed by atoms with Crippen molar-refractivity contribution in [2.24, 2.45) is 5.73 Å². The van der Waals surface area contributed by atoms with Gasteiger partial charge in [0.05, 0.1) is 0 Å². The second-order valence-electron chi connectivity index (χ2n) is 3.88. The first-order valence-electron chi connectivity index (χ1n) is 5.44. The summed E-state index contributed by atoms with van der Waals surface area (Å²) in [5.41, 5.74) is 5.74. The molecule has 4 N–H and O–H groups in total. The molecule has 0 fully saturated rings. The average Bonchev–Trinajstić information content (AvgIpc) is 2.28. The Morgan fingerprint density at radius 1 is 1.17 bits per heavy atom. The number of primary amides is 1. The van der Waals surface area contributed by atoms with Gasteiger partial charge in [0.25, 0.3) is 0 Å². The number of amides is 5. The van der Waals surface area contributed by atoms with Crippen LogP contribution in [-0.2, 0) is 4.79 Å². The van der Waals surface area contributed by atoms with E-state index in [9.17, 15) is 14.4 Å². The van der Waals surface area contributed by atoms with Gasteiger partial charge in [-0.15, -0.1) is 0 Å². The molecule has 1 unspecified atom stereocenters. The van der Waals surface area contributed by atoms with Crippen molar-refractivity contribution in [1.29, 1.82) is 0 Å². The predicted molar refractivity (Wildman–Crippen MR) is 65.7 cm³/mol. The summed E-state index contributed by atoms with van der Waals surface area (Å²) in [6.07, 6.45) is 0.149. The molecule has 0 aliphatic carbocycles. The molecule has 6 heteroatoms. The van der Waals surface area contributed by atoms with Crippen molar-refractivity contribution in [2.45, 2.75) is 19.3 Å². The van der Waals surface area contributed by atoms with Crippen molar-refractivity contribution in [2.75, 3.05) is 0 Å². The molecule has 18 heavy (non-hydrogen) atoms. The van der Waals surface area contributed by atoms with Gasteiger partial charge in [-0.25, -0.2) is 9.59 Å². The standard InChI is InChI=1S/C12H15N3O3/c1-8(9-5-3-2-4-6-9)7-10(16)14-12(18)15-11(13)17/h2-6,8H,7H2,1H3,(H4,13,14,15,16,17,18). The molecule has 0 saturated carbocycles. The molecule has 0 aliphatic rings. The summed E-state index contributed by atoms with van der Waals surface area (Å²) in [6, 6.07) is 7.54. The fraction of sp³-hybridized carbons (Fsp3) is 0.250. The van der Waals surface area contributed by atoms with Crippen molar-refractivity contribution in [1.82, 2.24) is 10.6 Å². The van der Waals surface area contributed by atoms with Gasteiger partial charge in [0.1, 0.15) is 0 Å². The molecule has 96 valence electrons. The summed E-state index contributed by atoms with van der Waals surface area (Å²) in [7, 11) is 0. The lowest BCUT2D eigenvalue weighted by Gasteiger charge is -2.11. The molecule has 1 atom stereocenters. The minimum atomic E-state index is -1.00. The molecule has 0 spiro atoms. The van der Waals surface area contributed by atoms with E-state index in [4.69, 9.17) is 5.73 Å². The van der Waals surface area contributed by atoms with Crippen LogP contribution in [0.3, 0.4) is 0 Å². The molecular formula is C12H15N3O3. The summed E-state index contributed by atoms with van der Waals surface area (Å²) >= 11 is 0. The Morgan fingerprint density at radius 3 is 2.33 bits per heavy atom. The first kappa shape index (κ1) is 13.7. The van der Waals surface area contributed by atoms with E-state index in [1.165, 1.54) is 0 Å². The van der Waals surface area contributed by atoms with E-state index in [1.54, 1.807) is 5.32 Å². The van der Waals surface area contributed by atoms with Crippen molar-refractivity contribution >= 4 is 18.0 Å². The summed E-state index contributed by atoms with van der Waals surface area (Å²) in [4.78, 5) is 32.9. The highest BCUT2D eigenvalue weighted by atomic mass is 16.2. The molecular weight excluding hydrogens is 234 g/mol. The van der Waals surface area contributed by atoms with Gasteiger partial charge >= 0.3 is 12.1 Å². The van der Waals surface area contributed by atoms with Crippen LogP contribution in [0.2, 0.25) is 0 Å². The van der Waals surface area contributed by atoms with Crippen LogP contribution in [0.4, 0.5) is 9.59 Å². The molecule has 6 nitrogen and oxygen atoms in total. The molecule has 1 aromatic carbocycles. The smallest absolute Gasteiger partial charge is 0.329 e. The van der Waals surface area contributed by atoms with Crippen molar-refractivity contribution in [3.63, 3.8) is 0 Å². The molecule has 0 saturated heterocycles. The lowest BCUT2D eigenvalue weighted by molar-refractivity contribution is -0.120. The molecule has 0 heterocycles. The lowest BCUT2D eigenvalue weighted by atomic mass is 9.98. The molecule has 0 radical (unpaired) electrons.